The molecular formula is C28H32N8O2. The molecule has 2 fully saturated rings. The largest absolute Gasteiger partial charge is 0.339 e. The second kappa shape index (κ2) is 11.4. The van der Waals surface area contributed by atoms with Crippen LogP contribution < -0.4 is 5.32 Å². The lowest BCUT2D eigenvalue weighted by Crippen LogP contribution is -2.50. The summed E-state index contributed by atoms with van der Waals surface area (Å²) in [6.07, 6.45) is 10.6. The molecule has 1 saturated heterocycles. The van der Waals surface area contributed by atoms with E-state index in [-0.39, 0.29) is 17.9 Å². The van der Waals surface area contributed by atoms with Gasteiger partial charge in [-0.3, -0.25) is 14.3 Å². The Morgan fingerprint density at radius 2 is 1.79 bits per heavy atom. The number of nitrogens with zero attached hydrogens (tertiary/aromatic N) is 7. The van der Waals surface area contributed by atoms with Gasteiger partial charge in [-0.1, -0.05) is 12.8 Å². The minimum Gasteiger partial charge on any atom is -0.339 e. The average molecular weight is 513 g/mol. The summed E-state index contributed by atoms with van der Waals surface area (Å²) in [4.78, 5) is 36.9. The number of rotatable bonds is 7. The molecule has 38 heavy (non-hydrogen) atoms. The number of benzene rings is 1. The van der Waals surface area contributed by atoms with Crippen LogP contribution in [-0.2, 0) is 4.79 Å². The lowest BCUT2D eigenvalue weighted by Gasteiger charge is -2.34. The van der Waals surface area contributed by atoms with E-state index in [1.807, 2.05) is 29.1 Å². The van der Waals surface area contributed by atoms with Gasteiger partial charge in [-0.25, -0.2) is 9.97 Å². The summed E-state index contributed by atoms with van der Waals surface area (Å²) in [5.74, 6) is 0.936. The highest BCUT2D eigenvalue weighted by molar-refractivity contribution is 5.94. The molecule has 2 aromatic heterocycles. The quantitative estimate of drug-likeness (QED) is 0.507. The standard InChI is InChI=1S/C28H32N8O2/c1-20(37)34-14-16-35(17-15-34)27(38)22-6-8-24(9-7-22)32-28-30-13-11-25(33-28)23-18-31-36(19-23)26(10-12-29)21-4-2-3-5-21/h6-9,11,13,18-19,21,26H,2-5,10,14-17H2,1H3,(H,30,32,33). The zero-order chi connectivity index (χ0) is 26.5. The number of piperazine rings is 1. The van der Waals surface area contributed by atoms with Crippen molar-refractivity contribution < 1.29 is 9.59 Å². The number of hydrogen-bond acceptors (Lipinski definition) is 7. The van der Waals surface area contributed by atoms with Crippen molar-refractivity contribution in [2.24, 2.45) is 5.92 Å². The molecule has 0 bridgehead atoms. The van der Waals surface area contributed by atoms with Gasteiger partial charge >= 0.3 is 0 Å². The zero-order valence-corrected chi connectivity index (χ0v) is 21.6. The fraction of sp³-hybridized carbons (Fsp3) is 0.429. The van der Waals surface area contributed by atoms with E-state index in [1.54, 1.807) is 41.2 Å². The van der Waals surface area contributed by atoms with E-state index in [1.165, 1.54) is 12.8 Å². The second-order valence-electron chi connectivity index (χ2n) is 9.95. The van der Waals surface area contributed by atoms with Gasteiger partial charge in [0.25, 0.3) is 5.91 Å². The molecule has 3 aromatic rings. The average Bonchev–Trinajstić information content (AvgIpc) is 3.65. The number of carbonyl (C=O) groups is 2. The number of nitrogens with one attached hydrogen (secondary N) is 1. The lowest BCUT2D eigenvalue weighted by molar-refractivity contribution is -0.130. The Kier molecular flexibility index (Phi) is 7.63. The molecule has 2 amide bonds. The predicted octanol–water partition coefficient (Wildman–Crippen LogP) is 4.03. The SMILES string of the molecule is CC(=O)N1CCN(C(=O)c2ccc(Nc3nccc(-c4cnn(C(CC#N)C5CCCC5)c4)n3)cc2)CC1. The molecule has 1 aliphatic carbocycles. The molecule has 5 rings (SSSR count). The zero-order valence-electron chi connectivity index (χ0n) is 21.6. The van der Waals surface area contributed by atoms with Crippen LogP contribution in [0.5, 0.6) is 0 Å². The molecule has 10 nitrogen and oxygen atoms in total. The molecule has 10 heteroatoms. The fourth-order valence-electron chi connectivity index (χ4n) is 5.38. The summed E-state index contributed by atoms with van der Waals surface area (Å²) in [6, 6.07) is 11.5. The Morgan fingerprint density at radius 1 is 1.08 bits per heavy atom. The van der Waals surface area contributed by atoms with Crippen LogP contribution in [0, 0.1) is 17.2 Å². The molecule has 1 N–H and O–H groups in total. The smallest absolute Gasteiger partial charge is 0.253 e. The Morgan fingerprint density at radius 3 is 2.47 bits per heavy atom. The van der Waals surface area contributed by atoms with Gasteiger partial charge in [-0.15, -0.1) is 0 Å². The number of hydrogen-bond donors (Lipinski definition) is 1. The highest BCUT2D eigenvalue weighted by Crippen LogP contribution is 2.36. The van der Waals surface area contributed by atoms with Gasteiger partial charge < -0.3 is 15.1 Å². The first kappa shape index (κ1) is 25.4. The van der Waals surface area contributed by atoms with E-state index in [2.05, 4.69) is 26.5 Å². The van der Waals surface area contributed by atoms with E-state index in [4.69, 9.17) is 0 Å². The van der Waals surface area contributed by atoms with Gasteiger partial charge in [0.1, 0.15) is 0 Å². The summed E-state index contributed by atoms with van der Waals surface area (Å²) in [7, 11) is 0. The number of nitriles is 1. The highest BCUT2D eigenvalue weighted by Gasteiger charge is 2.27. The third-order valence-electron chi connectivity index (χ3n) is 7.54. The summed E-state index contributed by atoms with van der Waals surface area (Å²) in [5, 5.41) is 17.1. The number of amides is 2. The van der Waals surface area contributed by atoms with Crippen molar-refractivity contribution in [1.82, 2.24) is 29.5 Å². The van der Waals surface area contributed by atoms with Gasteiger partial charge in [0.15, 0.2) is 0 Å². The second-order valence-corrected chi connectivity index (χ2v) is 9.95. The molecule has 196 valence electrons. The van der Waals surface area contributed by atoms with Crippen LogP contribution in [0.4, 0.5) is 11.6 Å². The van der Waals surface area contributed by atoms with Crippen molar-refractivity contribution in [1.29, 1.82) is 5.26 Å². The molecule has 2 aliphatic rings. The number of anilines is 2. The van der Waals surface area contributed by atoms with Crippen LogP contribution in [-0.4, -0.2) is 67.5 Å². The normalized spacial score (nSPS) is 16.7. The van der Waals surface area contributed by atoms with Crippen molar-refractivity contribution in [2.45, 2.75) is 45.1 Å². The highest BCUT2D eigenvalue weighted by atomic mass is 16.2. The van der Waals surface area contributed by atoms with Crippen LogP contribution in [0.1, 0.15) is 55.4 Å². The predicted molar refractivity (Wildman–Crippen MR) is 142 cm³/mol. The van der Waals surface area contributed by atoms with Gasteiger partial charge in [0, 0.05) is 62.3 Å². The summed E-state index contributed by atoms with van der Waals surface area (Å²) in [6.45, 7) is 3.75. The van der Waals surface area contributed by atoms with Crippen molar-refractivity contribution in [3.63, 3.8) is 0 Å². The van der Waals surface area contributed by atoms with Crippen molar-refractivity contribution in [3.8, 4) is 17.3 Å². The van der Waals surface area contributed by atoms with Crippen molar-refractivity contribution >= 4 is 23.5 Å². The maximum atomic E-state index is 12.9. The number of aromatic nitrogens is 4. The van der Waals surface area contributed by atoms with Crippen LogP contribution >= 0.6 is 0 Å². The first-order chi connectivity index (χ1) is 18.5. The van der Waals surface area contributed by atoms with E-state index in [9.17, 15) is 14.9 Å². The Balaban J connectivity index is 1.23. The first-order valence-corrected chi connectivity index (χ1v) is 13.2. The van der Waals surface area contributed by atoms with Gasteiger partial charge in [-0.05, 0) is 49.1 Å². The third-order valence-corrected chi connectivity index (χ3v) is 7.54. The van der Waals surface area contributed by atoms with Crippen LogP contribution in [0.2, 0.25) is 0 Å². The van der Waals surface area contributed by atoms with Crippen LogP contribution in [0.25, 0.3) is 11.3 Å². The molecule has 1 aliphatic heterocycles. The van der Waals surface area contributed by atoms with Crippen LogP contribution in [0.15, 0.2) is 48.9 Å². The molecular weight excluding hydrogens is 480 g/mol. The molecule has 1 atom stereocenters. The van der Waals surface area contributed by atoms with Crippen molar-refractivity contribution in [3.05, 3.63) is 54.5 Å². The van der Waals surface area contributed by atoms with Crippen molar-refractivity contribution in [2.75, 3.05) is 31.5 Å². The van der Waals surface area contributed by atoms with Crippen LogP contribution in [0.3, 0.4) is 0 Å². The molecule has 3 heterocycles. The Labute approximate surface area is 222 Å². The monoisotopic (exact) mass is 512 g/mol. The Bertz CT molecular complexity index is 1320. The number of carbonyl (C=O) groups excluding carboxylic acids is 2. The maximum Gasteiger partial charge on any atom is 0.253 e. The van der Waals surface area contributed by atoms with E-state index in [0.717, 1.165) is 29.8 Å². The Hall–Kier alpha value is -4.26. The molecule has 0 radical (unpaired) electrons. The van der Waals surface area contributed by atoms with E-state index < -0.39 is 0 Å². The van der Waals surface area contributed by atoms with E-state index >= 15 is 0 Å². The minimum atomic E-state index is -0.0395. The van der Waals surface area contributed by atoms with Gasteiger partial charge in [0.2, 0.25) is 11.9 Å². The van der Waals surface area contributed by atoms with Gasteiger partial charge in [0.05, 0.1) is 30.4 Å². The minimum absolute atomic E-state index is 0.0395. The third kappa shape index (κ3) is 5.67. The molecule has 1 saturated carbocycles. The fourth-order valence-corrected chi connectivity index (χ4v) is 5.38. The summed E-state index contributed by atoms with van der Waals surface area (Å²) < 4.78 is 1.93. The first-order valence-electron chi connectivity index (χ1n) is 13.2. The topological polar surface area (TPSA) is 120 Å². The molecule has 1 aromatic carbocycles. The van der Waals surface area contributed by atoms with Gasteiger partial charge in [-0.2, -0.15) is 10.4 Å². The summed E-state index contributed by atoms with van der Waals surface area (Å²) >= 11 is 0. The van der Waals surface area contributed by atoms with E-state index in [0.29, 0.717) is 50.0 Å². The summed E-state index contributed by atoms with van der Waals surface area (Å²) in [5.41, 5.74) is 2.99. The molecule has 1 unspecified atom stereocenters. The maximum absolute atomic E-state index is 12.9. The lowest BCUT2D eigenvalue weighted by atomic mass is 9.96. The molecule has 0 spiro atoms.